The molecule has 0 bridgehead atoms. The summed E-state index contributed by atoms with van der Waals surface area (Å²) in [6.07, 6.45) is 4.64. The molecule has 13 rings (SSSR count). The van der Waals surface area contributed by atoms with E-state index in [0.29, 0.717) is 5.92 Å². The lowest BCUT2D eigenvalue weighted by Crippen LogP contribution is -2.38. The van der Waals surface area contributed by atoms with Crippen LogP contribution in [-0.2, 0) is 16.2 Å². The fourth-order valence-corrected chi connectivity index (χ4v) is 12.9. The maximum Gasteiger partial charge on any atom is 0.194 e. The third-order valence-electron chi connectivity index (χ3n) is 16.9. The van der Waals surface area contributed by atoms with Crippen molar-refractivity contribution in [2.24, 2.45) is 0 Å². The molecule has 0 saturated carbocycles. The van der Waals surface area contributed by atoms with E-state index in [2.05, 4.69) is 211 Å². The molecule has 2 aliphatic carbocycles. The van der Waals surface area contributed by atoms with Crippen LogP contribution in [0.5, 0.6) is 0 Å². The van der Waals surface area contributed by atoms with Crippen molar-refractivity contribution in [3.05, 3.63) is 179 Å². The van der Waals surface area contributed by atoms with Gasteiger partial charge < -0.3 is 14.3 Å². The van der Waals surface area contributed by atoms with Gasteiger partial charge in [-0.3, -0.25) is 0 Å². The van der Waals surface area contributed by atoms with Gasteiger partial charge in [-0.25, -0.2) is 0 Å². The summed E-state index contributed by atoms with van der Waals surface area (Å²) in [4.78, 5) is 6.69. The highest BCUT2D eigenvalue weighted by Crippen LogP contribution is 2.58. The van der Waals surface area contributed by atoms with E-state index < -0.39 is 0 Å². The molecule has 0 radical (unpaired) electrons. The number of H-pyrrole nitrogens is 1. The predicted octanol–water partition coefficient (Wildman–Crippen LogP) is 16.8. The average Bonchev–Trinajstić information content (AvgIpc) is 3.98. The lowest BCUT2D eigenvalue weighted by Gasteiger charge is -2.43. The highest BCUT2D eigenvalue weighted by atomic mass is 16.3. The summed E-state index contributed by atoms with van der Waals surface area (Å²) in [7, 11) is 0.801. The molecule has 1 aliphatic heterocycles. The van der Waals surface area contributed by atoms with Crippen LogP contribution in [0.4, 0.5) is 11.4 Å². The van der Waals surface area contributed by atoms with Crippen molar-refractivity contribution < 1.29 is 4.42 Å². The number of benzene rings is 8. The standard InChI is InChI=1S/C64H59BN2O/c1-9-18-37(2)39-27-28-54(45(31-39)38-19-11-10-12-20-38)67-58-49-35-51-52(63(5,6)30-29-62(51,3)4)36-50(49)64(7,8)61(58)65-56-47(34-48-42-23-15-16-26-55(42)68-60(48)59(56)67)44-25-17-24-43-46-32-40-21-13-14-22-41(40)33-53(46)66-57(43)44/h10-17,19-28,31-37,65-66H,9,18,29-30H2,1-8H3/t37-/m0/s1. The van der Waals surface area contributed by atoms with Gasteiger partial charge in [-0.05, 0) is 128 Å². The molecule has 1 N–H and O–H groups in total. The minimum atomic E-state index is -0.247. The molecular weight excluding hydrogens is 824 g/mol. The molecular formula is C64H59BN2O. The number of fused-ring (bicyclic) bond motifs is 12. The van der Waals surface area contributed by atoms with Gasteiger partial charge in [0.05, 0.1) is 16.9 Å². The number of nitrogens with zero attached hydrogens (tertiary/aromatic N) is 1. The van der Waals surface area contributed by atoms with Crippen molar-refractivity contribution >= 4 is 84.3 Å². The zero-order valence-corrected chi connectivity index (χ0v) is 40.8. The molecule has 8 aromatic carbocycles. The van der Waals surface area contributed by atoms with Gasteiger partial charge in [-0.15, -0.1) is 0 Å². The molecule has 68 heavy (non-hydrogen) atoms. The van der Waals surface area contributed by atoms with Gasteiger partial charge in [0.25, 0.3) is 0 Å². The molecule has 1 atom stereocenters. The van der Waals surface area contributed by atoms with Crippen LogP contribution in [0.3, 0.4) is 0 Å². The lowest BCUT2D eigenvalue weighted by molar-refractivity contribution is 0.331. The van der Waals surface area contributed by atoms with Crippen LogP contribution in [0.2, 0.25) is 0 Å². The minimum Gasteiger partial charge on any atom is -0.454 e. The van der Waals surface area contributed by atoms with Crippen LogP contribution >= 0.6 is 0 Å². The zero-order chi connectivity index (χ0) is 46.4. The van der Waals surface area contributed by atoms with Crippen molar-refractivity contribution in [1.29, 1.82) is 0 Å². The predicted molar refractivity (Wildman–Crippen MR) is 292 cm³/mol. The first-order valence-electron chi connectivity index (χ1n) is 25.2. The zero-order valence-electron chi connectivity index (χ0n) is 40.8. The number of hydrogen-bond acceptors (Lipinski definition) is 2. The van der Waals surface area contributed by atoms with Crippen LogP contribution in [0, 0.1) is 0 Å². The van der Waals surface area contributed by atoms with E-state index in [-0.39, 0.29) is 16.2 Å². The van der Waals surface area contributed by atoms with Crippen LogP contribution in [-0.4, -0.2) is 12.3 Å². The Hall–Kier alpha value is -6.78. The molecule has 4 heteroatoms. The number of hydrogen-bond donors (Lipinski definition) is 1. The molecule has 0 spiro atoms. The average molecular weight is 883 g/mol. The number of nitrogens with one attached hydrogen (secondary N) is 1. The molecule has 0 unspecified atom stereocenters. The lowest BCUT2D eigenvalue weighted by atomic mass is 9.52. The number of anilines is 2. The summed E-state index contributed by atoms with van der Waals surface area (Å²) in [5, 5.41) is 7.27. The number of allylic oxidation sites excluding steroid dienone is 1. The molecule has 3 heterocycles. The number of furan rings is 1. The summed E-state index contributed by atoms with van der Waals surface area (Å²) in [5.74, 6) is 0.436. The summed E-state index contributed by atoms with van der Waals surface area (Å²) >= 11 is 0. The van der Waals surface area contributed by atoms with Crippen LogP contribution < -0.4 is 10.4 Å². The smallest absolute Gasteiger partial charge is 0.194 e. The monoisotopic (exact) mass is 882 g/mol. The maximum atomic E-state index is 7.28. The Bertz CT molecular complexity index is 3780. The van der Waals surface area contributed by atoms with Crippen molar-refractivity contribution in [2.45, 2.75) is 103 Å². The molecule has 334 valence electrons. The van der Waals surface area contributed by atoms with Crippen molar-refractivity contribution in [3.63, 3.8) is 0 Å². The summed E-state index contributed by atoms with van der Waals surface area (Å²) < 4.78 is 7.28. The second kappa shape index (κ2) is 14.6. The first-order chi connectivity index (χ1) is 32.8. The third kappa shape index (κ3) is 5.92. The van der Waals surface area contributed by atoms with E-state index in [1.807, 2.05) is 0 Å². The van der Waals surface area contributed by atoms with E-state index in [0.717, 1.165) is 53.3 Å². The van der Waals surface area contributed by atoms with E-state index >= 15 is 0 Å². The van der Waals surface area contributed by atoms with E-state index in [9.17, 15) is 0 Å². The summed E-state index contributed by atoms with van der Waals surface area (Å²) in [5.41, 5.74) is 22.6. The normalized spacial score (nSPS) is 17.1. The van der Waals surface area contributed by atoms with Crippen LogP contribution in [0.1, 0.15) is 115 Å². The second-order valence-corrected chi connectivity index (χ2v) is 22.3. The molecule has 10 aromatic rings. The molecule has 0 saturated heterocycles. The second-order valence-electron chi connectivity index (χ2n) is 22.3. The van der Waals surface area contributed by atoms with Gasteiger partial charge in [0.2, 0.25) is 0 Å². The molecule has 3 aliphatic rings. The Labute approximate surface area is 401 Å². The van der Waals surface area contributed by atoms with Crippen molar-refractivity contribution in [3.8, 4) is 22.3 Å². The summed E-state index contributed by atoms with van der Waals surface area (Å²) in [6, 6.07) is 55.2. The highest BCUT2D eigenvalue weighted by molar-refractivity contribution is 6.69. The van der Waals surface area contributed by atoms with E-state index in [1.165, 1.54) is 112 Å². The Balaban J connectivity index is 1.17. The Morgan fingerprint density at radius 3 is 2.10 bits per heavy atom. The van der Waals surface area contributed by atoms with E-state index in [1.54, 1.807) is 0 Å². The quantitative estimate of drug-likeness (QED) is 0.169. The van der Waals surface area contributed by atoms with Gasteiger partial charge >= 0.3 is 0 Å². The van der Waals surface area contributed by atoms with Gasteiger partial charge in [-0.2, -0.15) is 0 Å². The largest absolute Gasteiger partial charge is 0.454 e. The van der Waals surface area contributed by atoms with Crippen molar-refractivity contribution in [1.82, 2.24) is 4.98 Å². The topological polar surface area (TPSA) is 32.2 Å². The fraction of sp³-hybridized carbons (Fsp3) is 0.250. The fourth-order valence-electron chi connectivity index (χ4n) is 12.9. The first kappa shape index (κ1) is 41.4. The van der Waals surface area contributed by atoms with Gasteiger partial charge in [0.1, 0.15) is 5.58 Å². The Morgan fingerprint density at radius 1 is 0.618 bits per heavy atom. The van der Waals surface area contributed by atoms with Crippen LogP contribution in [0.15, 0.2) is 155 Å². The number of aromatic amines is 1. The number of para-hydroxylation sites is 2. The molecule has 0 fully saturated rings. The molecule has 0 amide bonds. The minimum absolute atomic E-state index is 0.0558. The van der Waals surface area contributed by atoms with E-state index in [4.69, 9.17) is 4.42 Å². The maximum absolute atomic E-state index is 7.28. The Morgan fingerprint density at radius 2 is 1.32 bits per heavy atom. The SMILES string of the molecule is CCC[C@H](C)c1ccc(N2C3=C(Bc4c(-c5cccc6c5[nH]c5cc7ccccc7cc56)cc5c(oc6ccccc65)c42)C(C)(C)c2cc4c(cc23)C(C)(C)CCC4(C)C)c(-c2ccccc2)c1. The summed E-state index contributed by atoms with van der Waals surface area (Å²) in [6.45, 7) is 19.6. The number of aromatic nitrogens is 1. The highest BCUT2D eigenvalue weighted by Gasteiger charge is 2.48. The first-order valence-corrected chi connectivity index (χ1v) is 25.2. The number of rotatable bonds is 6. The Kier molecular flexibility index (Phi) is 8.90. The van der Waals surface area contributed by atoms with Crippen molar-refractivity contribution in [2.75, 3.05) is 4.90 Å². The van der Waals surface area contributed by atoms with Crippen LogP contribution in [0.25, 0.3) is 82.5 Å². The third-order valence-corrected chi connectivity index (χ3v) is 16.9. The van der Waals surface area contributed by atoms with Gasteiger partial charge in [0, 0.05) is 54.9 Å². The molecule has 2 aromatic heterocycles. The molecule has 3 nitrogen and oxygen atoms in total. The van der Waals surface area contributed by atoms with Gasteiger partial charge in [0.15, 0.2) is 12.9 Å². The van der Waals surface area contributed by atoms with Gasteiger partial charge in [-0.1, -0.05) is 170 Å².